The number of aromatic nitrogens is 1. The largest absolute Gasteiger partial charge is 0.502 e. The number of benzene rings is 2. The highest BCUT2D eigenvalue weighted by Crippen LogP contribution is 2.44. The normalized spacial score (nSPS) is 18.4. The van der Waals surface area contributed by atoms with Gasteiger partial charge in [0.05, 0.1) is 12.1 Å². The molecular formula is C25H22F3N3O3S. The highest BCUT2D eigenvalue weighted by atomic mass is 32.2. The Hall–Kier alpha value is -3.40. The van der Waals surface area contributed by atoms with Crippen LogP contribution in [0.5, 0.6) is 5.75 Å². The van der Waals surface area contributed by atoms with E-state index in [1.807, 2.05) is 24.3 Å². The van der Waals surface area contributed by atoms with Gasteiger partial charge in [-0.15, -0.1) is 11.8 Å². The van der Waals surface area contributed by atoms with Gasteiger partial charge in [-0.2, -0.15) is 0 Å². The molecular weight excluding hydrogens is 479 g/mol. The van der Waals surface area contributed by atoms with Gasteiger partial charge in [0.15, 0.2) is 11.4 Å². The Bertz CT molecular complexity index is 1390. The molecule has 0 fully saturated rings. The van der Waals surface area contributed by atoms with E-state index in [4.69, 9.17) is 0 Å². The summed E-state index contributed by atoms with van der Waals surface area (Å²) in [6.45, 7) is 1.65. The van der Waals surface area contributed by atoms with Crippen LogP contribution in [-0.2, 0) is 5.75 Å². The van der Waals surface area contributed by atoms with E-state index >= 15 is 0 Å². The summed E-state index contributed by atoms with van der Waals surface area (Å²) < 4.78 is 45.1. The van der Waals surface area contributed by atoms with Crippen LogP contribution >= 0.6 is 11.8 Å². The molecule has 2 aliphatic rings. The number of pyridine rings is 1. The first-order valence-corrected chi connectivity index (χ1v) is 12.0. The summed E-state index contributed by atoms with van der Waals surface area (Å²) in [6, 6.07) is 11.1. The lowest BCUT2D eigenvalue weighted by Crippen LogP contribution is -2.60. The molecule has 10 heteroatoms. The molecule has 182 valence electrons. The molecule has 1 amide bonds. The van der Waals surface area contributed by atoms with Gasteiger partial charge >= 0.3 is 0 Å². The van der Waals surface area contributed by atoms with Crippen LogP contribution in [0.3, 0.4) is 0 Å². The Morgan fingerprint density at radius 1 is 1.09 bits per heavy atom. The number of fused-ring (bicyclic) bond motifs is 3. The van der Waals surface area contributed by atoms with Gasteiger partial charge < -0.3 is 10.0 Å². The number of carbonyl (C=O) groups excluding carboxylic acids is 1. The molecule has 0 spiro atoms. The molecule has 3 aromatic rings. The van der Waals surface area contributed by atoms with Gasteiger partial charge in [0.25, 0.3) is 11.8 Å². The van der Waals surface area contributed by atoms with Crippen LogP contribution in [0.1, 0.15) is 47.1 Å². The number of amides is 1. The molecule has 0 saturated heterocycles. The zero-order valence-electron chi connectivity index (χ0n) is 18.9. The van der Waals surface area contributed by atoms with E-state index in [9.17, 15) is 27.9 Å². The van der Waals surface area contributed by atoms with E-state index < -0.39 is 46.6 Å². The van der Waals surface area contributed by atoms with Gasteiger partial charge in [-0.1, -0.05) is 30.3 Å². The van der Waals surface area contributed by atoms with Gasteiger partial charge in [0.1, 0.15) is 12.5 Å². The van der Waals surface area contributed by atoms with Crippen molar-refractivity contribution in [1.29, 1.82) is 0 Å². The minimum atomic E-state index is -3.25. The molecule has 2 aliphatic heterocycles. The Kier molecular flexibility index (Phi) is 5.58. The summed E-state index contributed by atoms with van der Waals surface area (Å²) in [5.41, 5.74) is 0.647. The van der Waals surface area contributed by atoms with Gasteiger partial charge in [-0.05, 0) is 30.2 Å². The Morgan fingerprint density at radius 2 is 1.80 bits per heavy atom. The minimum Gasteiger partial charge on any atom is -0.502 e. The number of aromatic hydroxyl groups is 1. The lowest BCUT2D eigenvalue weighted by Gasteiger charge is -2.46. The molecule has 2 aromatic carbocycles. The SMILES string of the molecule is C[C@@H](N1CN([C@H]2c3ccccc3SCc3c(F)cccc32)n2ccc(=O)c(O)c2C1=O)C(C)(F)F. The summed E-state index contributed by atoms with van der Waals surface area (Å²) >= 11 is 1.46. The summed E-state index contributed by atoms with van der Waals surface area (Å²) in [7, 11) is 0. The van der Waals surface area contributed by atoms with E-state index in [-0.39, 0.29) is 6.67 Å². The molecule has 3 heterocycles. The lowest BCUT2D eigenvalue weighted by molar-refractivity contribution is -0.0548. The third-order valence-electron chi connectivity index (χ3n) is 6.63. The molecule has 0 unspecified atom stereocenters. The third-order valence-corrected chi connectivity index (χ3v) is 7.74. The molecule has 0 bridgehead atoms. The average molecular weight is 502 g/mol. The van der Waals surface area contributed by atoms with Crippen LogP contribution in [0.25, 0.3) is 0 Å². The number of thioether (sulfide) groups is 1. The van der Waals surface area contributed by atoms with Crippen LogP contribution in [0.4, 0.5) is 13.2 Å². The van der Waals surface area contributed by atoms with E-state index in [2.05, 4.69) is 0 Å². The fourth-order valence-corrected chi connectivity index (χ4v) is 5.72. The topological polar surface area (TPSA) is 65.8 Å². The van der Waals surface area contributed by atoms with Crippen molar-refractivity contribution < 1.29 is 23.1 Å². The van der Waals surface area contributed by atoms with E-state index in [1.54, 1.807) is 17.1 Å². The standard InChI is InChI=1S/C25H22F3N3O3S/c1-14(25(2,27)28)29-13-31(30-11-10-19(32)23(33)22(30)24(29)34)21-15-7-5-8-18(26)17(15)12-35-20-9-4-3-6-16(20)21/h3-11,14,21,33H,12-13H2,1-2H3/t14-,21-/m1/s1. The van der Waals surface area contributed by atoms with Crippen molar-refractivity contribution in [1.82, 2.24) is 9.58 Å². The van der Waals surface area contributed by atoms with Crippen molar-refractivity contribution in [2.45, 2.75) is 42.5 Å². The number of nitrogens with zero attached hydrogens (tertiary/aromatic N) is 3. The molecule has 35 heavy (non-hydrogen) atoms. The fraction of sp³-hybridized carbons (Fsp3) is 0.280. The predicted octanol–water partition coefficient (Wildman–Crippen LogP) is 4.48. The maximum atomic E-state index is 15.0. The molecule has 0 saturated carbocycles. The van der Waals surface area contributed by atoms with Crippen molar-refractivity contribution in [2.75, 3.05) is 11.7 Å². The van der Waals surface area contributed by atoms with Gasteiger partial charge in [0, 0.05) is 35.4 Å². The number of hydrogen-bond donors (Lipinski definition) is 1. The monoisotopic (exact) mass is 501 g/mol. The van der Waals surface area contributed by atoms with Crippen molar-refractivity contribution in [2.24, 2.45) is 0 Å². The number of rotatable bonds is 3. The van der Waals surface area contributed by atoms with Crippen molar-refractivity contribution >= 4 is 17.7 Å². The molecule has 1 aromatic heterocycles. The predicted molar refractivity (Wildman–Crippen MR) is 126 cm³/mol. The first-order chi connectivity index (χ1) is 16.6. The van der Waals surface area contributed by atoms with Crippen molar-refractivity contribution in [3.05, 3.63) is 93.2 Å². The number of hydrogen-bond acceptors (Lipinski definition) is 5. The van der Waals surface area contributed by atoms with Crippen LogP contribution in [0.15, 0.2) is 64.4 Å². The minimum absolute atomic E-state index is 0.279. The number of alkyl halides is 2. The summed E-state index contributed by atoms with van der Waals surface area (Å²) in [4.78, 5) is 27.3. The number of carbonyl (C=O) groups is 1. The zero-order valence-corrected chi connectivity index (χ0v) is 19.7. The highest BCUT2D eigenvalue weighted by Gasteiger charge is 2.45. The van der Waals surface area contributed by atoms with Crippen LogP contribution in [-0.4, -0.2) is 39.2 Å². The Balaban J connectivity index is 1.79. The molecule has 2 atom stereocenters. The molecule has 5 rings (SSSR count). The Morgan fingerprint density at radius 3 is 2.54 bits per heavy atom. The average Bonchev–Trinajstić information content (AvgIpc) is 2.98. The molecule has 1 N–H and O–H groups in total. The smallest absolute Gasteiger partial charge is 0.278 e. The fourth-order valence-electron chi connectivity index (χ4n) is 4.59. The first kappa shape index (κ1) is 23.3. The van der Waals surface area contributed by atoms with Crippen LogP contribution in [0.2, 0.25) is 0 Å². The molecule has 0 aliphatic carbocycles. The van der Waals surface area contributed by atoms with Crippen LogP contribution < -0.4 is 10.4 Å². The quantitative estimate of drug-likeness (QED) is 0.573. The maximum Gasteiger partial charge on any atom is 0.278 e. The summed E-state index contributed by atoms with van der Waals surface area (Å²) in [6.07, 6.45) is 1.33. The van der Waals surface area contributed by atoms with E-state index in [1.165, 1.54) is 35.6 Å². The second kappa shape index (κ2) is 8.37. The van der Waals surface area contributed by atoms with Crippen molar-refractivity contribution in [3.8, 4) is 5.75 Å². The maximum absolute atomic E-state index is 15.0. The lowest BCUT2D eigenvalue weighted by atomic mass is 9.94. The zero-order chi connectivity index (χ0) is 25.1. The molecule has 6 nitrogen and oxygen atoms in total. The van der Waals surface area contributed by atoms with Gasteiger partial charge in [0.2, 0.25) is 5.43 Å². The van der Waals surface area contributed by atoms with Crippen LogP contribution in [0, 0.1) is 5.82 Å². The van der Waals surface area contributed by atoms with Gasteiger partial charge in [-0.3, -0.25) is 19.3 Å². The Labute approximate surface area is 203 Å². The number of halogens is 3. The summed E-state index contributed by atoms with van der Waals surface area (Å²) in [5.74, 6) is -5.00. The van der Waals surface area contributed by atoms with Gasteiger partial charge in [-0.25, -0.2) is 13.2 Å². The summed E-state index contributed by atoms with van der Waals surface area (Å²) in [5, 5.41) is 12.2. The first-order valence-electron chi connectivity index (χ1n) is 11.0. The van der Waals surface area contributed by atoms with Crippen molar-refractivity contribution in [3.63, 3.8) is 0 Å². The highest BCUT2D eigenvalue weighted by molar-refractivity contribution is 7.98. The molecule has 0 radical (unpaired) electrons. The second-order valence-electron chi connectivity index (χ2n) is 8.75. The van der Waals surface area contributed by atoms with E-state index in [0.717, 1.165) is 21.4 Å². The van der Waals surface area contributed by atoms with E-state index in [0.29, 0.717) is 23.8 Å². The third kappa shape index (κ3) is 3.76. The second-order valence-corrected chi connectivity index (χ2v) is 9.76.